The van der Waals surface area contributed by atoms with E-state index >= 15 is 0 Å². The van der Waals surface area contributed by atoms with Crippen LogP contribution in [0.2, 0.25) is 5.02 Å². The van der Waals surface area contributed by atoms with E-state index in [9.17, 15) is 4.79 Å². The molecule has 0 atom stereocenters. The topological polar surface area (TPSA) is 77.0 Å². The molecule has 0 radical (unpaired) electrons. The Bertz CT molecular complexity index is 926. The maximum Gasteiger partial charge on any atom is 0.352 e. The predicted octanol–water partition coefficient (Wildman–Crippen LogP) is 2.86. The molecule has 3 rings (SSSR count). The third-order valence-corrected chi connectivity index (χ3v) is 3.97. The summed E-state index contributed by atoms with van der Waals surface area (Å²) in [4.78, 5) is 20.9. The summed E-state index contributed by atoms with van der Waals surface area (Å²) in [5, 5.41) is 1.94. The highest BCUT2D eigenvalue weighted by atomic mass is 35.5. The number of hydrogen-bond donors (Lipinski definition) is 1. The summed E-state index contributed by atoms with van der Waals surface area (Å²) >= 11 is 6.07. The molecule has 6 nitrogen and oxygen atoms in total. The van der Waals surface area contributed by atoms with E-state index in [1.54, 1.807) is 12.1 Å². The second-order valence-corrected chi connectivity index (χ2v) is 5.93. The number of nitrogens with two attached hydrogens (primary N) is 1. The van der Waals surface area contributed by atoms with Gasteiger partial charge in [-0.3, -0.25) is 9.58 Å². The van der Waals surface area contributed by atoms with Gasteiger partial charge in [0.15, 0.2) is 0 Å². The zero-order chi connectivity index (χ0) is 17.8. The van der Waals surface area contributed by atoms with Crippen LogP contribution in [-0.2, 0) is 13.1 Å². The largest absolute Gasteiger partial charge is 0.352 e. The van der Waals surface area contributed by atoms with Crippen LogP contribution in [0.15, 0.2) is 59.4 Å². The van der Waals surface area contributed by atoms with Gasteiger partial charge in [-0.2, -0.15) is 9.97 Å². The minimum absolute atomic E-state index is 0.175. The first-order chi connectivity index (χ1) is 12.1. The van der Waals surface area contributed by atoms with Gasteiger partial charge in [0.2, 0.25) is 5.95 Å². The van der Waals surface area contributed by atoms with Gasteiger partial charge in [0.25, 0.3) is 0 Å². The third-order valence-electron chi connectivity index (χ3n) is 3.74. The fourth-order valence-electron chi connectivity index (χ4n) is 2.53. The van der Waals surface area contributed by atoms with E-state index in [-0.39, 0.29) is 5.95 Å². The predicted molar refractivity (Wildman–Crippen MR) is 99.2 cm³/mol. The fraction of sp³-hybridized carbons (Fsp3) is 0.167. The van der Waals surface area contributed by atoms with Crippen molar-refractivity contribution in [1.82, 2.24) is 14.5 Å². The standard InChI is InChI=1S/C18H18ClN5O/c1-2-23-16(14-9-6-10-15(19)11-14)21-17(22-18(23)25)24(20)12-13-7-4-3-5-8-13/h3-11H,2,12,20H2,1H3. The Balaban J connectivity index is 2.03. The van der Waals surface area contributed by atoms with Crippen molar-refractivity contribution in [1.29, 1.82) is 0 Å². The summed E-state index contributed by atoms with van der Waals surface area (Å²) in [6, 6.07) is 16.9. The molecule has 3 aromatic rings. The van der Waals surface area contributed by atoms with Crippen LogP contribution >= 0.6 is 11.6 Å². The number of hydrazine groups is 1. The minimum atomic E-state index is -0.397. The molecule has 25 heavy (non-hydrogen) atoms. The first-order valence-electron chi connectivity index (χ1n) is 7.89. The molecule has 0 aliphatic rings. The SMILES string of the molecule is CCn1c(-c2cccc(Cl)c2)nc(N(N)Cc2ccccc2)nc1=O. The van der Waals surface area contributed by atoms with Crippen LogP contribution in [0.4, 0.5) is 5.95 Å². The second-order valence-electron chi connectivity index (χ2n) is 5.50. The number of nitrogens with zero attached hydrogens (tertiary/aromatic N) is 4. The maximum atomic E-state index is 12.4. The zero-order valence-electron chi connectivity index (χ0n) is 13.8. The molecule has 0 aliphatic carbocycles. The Kier molecular flexibility index (Phi) is 5.11. The molecule has 0 saturated carbocycles. The quantitative estimate of drug-likeness (QED) is 0.562. The van der Waals surface area contributed by atoms with Gasteiger partial charge in [0.1, 0.15) is 5.82 Å². The molecule has 0 amide bonds. The molecule has 128 valence electrons. The number of hydrogen-bond acceptors (Lipinski definition) is 5. The minimum Gasteiger partial charge on any atom is -0.276 e. The van der Waals surface area contributed by atoms with E-state index in [0.717, 1.165) is 11.1 Å². The Hall–Kier alpha value is -2.70. The van der Waals surface area contributed by atoms with Gasteiger partial charge in [-0.05, 0) is 24.6 Å². The molecule has 1 aromatic heterocycles. The van der Waals surface area contributed by atoms with Crippen molar-refractivity contribution in [3.05, 3.63) is 75.7 Å². The molecule has 1 heterocycles. The summed E-state index contributed by atoms with van der Waals surface area (Å²) in [6.07, 6.45) is 0. The van der Waals surface area contributed by atoms with Gasteiger partial charge < -0.3 is 0 Å². The number of halogens is 1. The van der Waals surface area contributed by atoms with E-state index in [1.165, 1.54) is 9.58 Å². The average molecular weight is 356 g/mol. The van der Waals surface area contributed by atoms with E-state index in [2.05, 4.69) is 9.97 Å². The lowest BCUT2D eigenvalue weighted by atomic mass is 10.2. The van der Waals surface area contributed by atoms with Crippen molar-refractivity contribution in [2.45, 2.75) is 20.0 Å². The van der Waals surface area contributed by atoms with Crippen molar-refractivity contribution in [3.8, 4) is 11.4 Å². The van der Waals surface area contributed by atoms with Crippen LogP contribution in [0.1, 0.15) is 12.5 Å². The van der Waals surface area contributed by atoms with Gasteiger partial charge in [0, 0.05) is 17.1 Å². The first-order valence-corrected chi connectivity index (χ1v) is 8.27. The summed E-state index contributed by atoms with van der Waals surface area (Å²) < 4.78 is 1.49. The van der Waals surface area contributed by atoms with E-state index in [0.29, 0.717) is 23.9 Å². The lowest BCUT2D eigenvalue weighted by Gasteiger charge is -2.18. The molecule has 2 N–H and O–H groups in total. The molecule has 0 unspecified atom stereocenters. The van der Waals surface area contributed by atoms with Crippen LogP contribution in [0.3, 0.4) is 0 Å². The molecule has 0 saturated heterocycles. The van der Waals surface area contributed by atoms with E-state index in [4.69, 9.17) is 17.4 Å². The van der Waals surface area contributed by atoms with Crippen LogP contribution in [0, 0.1) is 0 Å². The number of aromatic nitrogens is 3. The molecule has 0 spiro atoms. The normalized spacial score (nSPS) is 10.7. The highest BCUT2D eigenvalue weighted by Gasteiger charge is 2.14. The lowest BCUT2D eigenvalue weighted by Crippen LogP contribution is -2.36. The van der Waals surface area contributed by atoms with E-state index in [1.807, 2.05) is 49.4 Å². The van der Waals surface area contributed by atoms with Crippen molar-refractivity contribution in [3.63, 3.8) is 0 Å². The number of rotatable bonds is 5. The molecule has 0 fully saturated rings. The summed E-state index contributed by atoms with van der Waals surface area (Å²) in [5.41, 5.74) is 1.34. The first kappa shape index (κ1) is 17.1. The van der Waals surface area contributed by atoms with Gasteiger partial charge in [0.05, 0.1) is 6.54 Å². The van der Waals surface area contributed by atoms with Gasteiger partial charge in [-0.25, -0.2) is 10.6 Å². The Morgan fingerprint density at radius 2 is 1.88 bits per heavy atom. The van der Waals surface area contributed by atoms with Gasteiger partial charge >= 0.3 is 5.69 Å². The van der Waals surface area contributed by atoms with Gasteiger partial charge in [-0.15, -0.1) is 0 Å². The third kappa shape index (κ3) is 3.87. The Morgan fingerprint density at radius 1 is 1.12 bits per heavy atom. The fourth-order valence-corrected chi connectivity index (χ4v) is 2.72. The molecule has 0 bridgehead atoms. The van der Waals surface area contributed by atoms with Crippen molar-refractivity contribution < 1.29 is 0 Å². The molecular formula is C18H18ClN5O. The Labute approximate surface area is 150 Å². The highest BCUT2D eigenvalue weighted by Crippen LogP contribution is 2.21. The summed E-state index contributed by atoms with van der Waals surface area (Å²) in [7, 11) is 0. The van der Waals surface area contributed by atoms with Crippen LogP contribution < -0.4 is 16.5 Å². The maximum absolute atomic E-state index is 12.4. The monoisotopic (exact) mass is 355 g/mol. The van der Waals surface area contributed by atoms with Crippen LogP contribution in [0.5, 0.6) is 0 Å². The molecule has 2 aromatic carbocycles. The highest BCUT2D eigenvalue weighted by molar-refractivity contribution is 6.30. The average Bonchev–Trinajstić information content (AvgIpc) is 2.62. The van der Waals surface area contributed by atoms with Gasteiger partial charge in [-0.1, -0.05) is 54.1 Å². The van der Waals surface area contributed by atoms with Crippen molar-refractivity contribution in [2.75, 3.05) is 5.01 Å². The van der Waals surface area contributed by atoms with Crippen LogP contribution in [-0.4, -0.2) is 14.5 Å². The smallest absolute Gasteiger partial charge is 0.276 e. The number of benzene rings is 2. The number of anilines is 1. The summed E-state index contributed by atoms with van der Waals surface area (Å²) in [6.45, 7) is 2.71. The summed E-state index contributed by atoms with van der Waals surface area (Å²) in [5.74, 6) is 6.76. The molecular weight excluding hydrogens is 338 g/mol. The van der Waals surface area contributed by atoms with Crippen molar-refractivity contribution in [2.24, 2.45) is 5.84 Å². The van der Waals surface area contributed by atoms with E-state index < -0.39 is 5.69 Å². The molecule has 7 heteroatoms. The second kappa shape index (κ2) is 7.46. The Morgan fingerprint density at radius 3 is 2.56 bits per heavy atom. The molecule has 0 aliphatic heterocycles. The van der Waals surface area contributed by atoms with Crippen molar-refractivity contribution >= 4 is 17.5 Å². The van der Waals surface area contributed by atoms with Crippen LogP contribution in [0.25, 0.3) is 11.4 Å². The lowest BCUT2D eigenvalue weighted by molar-refractivity contribution is 0.671. The zero-order valence-corrected chi connectivity index (χ0v) is 14.5.